The molecule has 88 valence electrons. The molecule has 0 unspecified atom stereocenters. The summed E-state index contributed by atoms with van der Waals surface area (Å²) in [6, 6.07) is 4.52. The summed E-state index contributed by atoms with van der Waals surface area (Å²) in [5.74, 6) is 0. The molecule has 0 heterocycles. The maximum atomic E-state index is 10.3. The van der Waals surface area contributed by atoms with Crippen LogP contribution < -0.4 is 0 Å². The molecule has 2 heteroatoms. The molecule has 1 aromatic rings. The molecule has 0 aromatic heterocycles. The average molecular weight is 236 g/mol. The zero-order chi connectivity index (χ0) is 12.0. The van der Waals surface area contributed by atoms with Crippen molar-refractivity contribution in [2.45, 2.75) is 46.5 Å². The molecule has 0 radical (unpaired) electrons. The Balaban J connectivity index is 2.50. The van der Waals surface area contributed by atoms with Crippen molar-refractivity contribution in [1.29, 1.82) is 0 Å². The van der Waals surface area contributed by atoms with E-state index in [1.807, 2.05) is 0 Å². The summed E-state index contributed by atoms with van der Waals surface area (Å²) >= 11 is 0. The summed E-state index contributed by atoms with van der Waals surface area (Å²) < 4.78 is 10.3. The van der Waals surface area contributed by atoms with Gasteiger partial charge in [-0.15, -0.1) is 0 Å². The maximum Gasteiger partial charge on any atom is 0.155 e. The maximum absolute atomic E-state index is 10.3. The van der Waals surface area contributed by atoms with Crippen molar-refractivity contribution < 1.29 is 4.57 Å². The van der Waals surface area contributed by atoms with Gasteiger partial charge in [0.05, 0.1) is 0 Å². The fourth-order valence-electron chi connectivity index (χ4n) is 2.26. The zero-order valence-corrected chi connectivity index (χ0v) is 11.4. The topological polar surface area (TPSA) is 17.1 Å². The van der Waals surface area contributed by atoms with Gasteiger partial charge < -0.3 is 0 Å². The van der Waals surface area contributed by atoms with Crippen molar-refractivity contribution in [3.63, 3.8) is 0 Å². The number of hydrogen-bond donors (Lipinski definition) is 0. The van der Waals surface area contributed by atoms with E-state index in [-0.39, 0.29) is 0 Å². The molecular formula is C14H21OP. The predicted octanol–water partition coefficient (Wildman–Crippen LogP) is 4.62. The van der Waals surface area contributed by atoms with E-state index in [9.17, 15) is 4.57 Å². The Labute approximate surface area is 100 Å². The molecule has 0 bridgehead atoms. The Bertz CT molecular complexity index is 335. The quantitative estimate of drug-likeness (QED) is 0.520. The van der Waals surface area contributed by atoms with E-state index in [0.29, 0.717) is 8.46 Å². The van der Waals surface area contributed by atoms with Crippen molar-refractivity contribution >= 4 is 8.46 Å². The van der Waals surface area contributed by atoms with Crippen LogP contribution in [0.1, 0.15) is 41.5 Å². The summed E-state index contributed by atoms with van der Waals surface area (Å²) in [6.07, 6.45) is 5.44. The number of benzene rings is 1. The van der Waals surface area contributed by atoms with Gasteiger partial charge in [0, 0.05) is 6.16 Å². The Morgan fingerprint density at radius 3 is 2.19 bits per heavy atom. The molecule has 0 aliphatic carbocycles. The van der Waals surface area contributed by atoms with E-state index in [0.717, 1.165) is 19.0 Å². The fourth-order valence-corrected chi connectivity index (χ4v) is 2.61. The molecule has 16 heavy (non-hydrogen) atoms. The van der Waals surface area contributed by atoms with Gasteiger partial charge in [0.25, 0.3) is 0 Å². The van der Waals surface area contributed by atoms with Crippen LogP contribution in [0.15, 0.2) is 12.1 Å². The van der Waals surface area contributed by atoms with Crippen LogP contribution in [0, 0.1) is 20.8 Å². The minimum absolute atomic E-state index is 0.293. The minimum atomic E-state index is 0.293. The van der Waals surface area contributed by atoms with E-state index in [1.165, 1.54) is 35.1 Å². The Morgan fingerprint density at radius 1 is 1.00 bits per heavy atom. The summed E-state index contributed by atoms with van der Waals surface area (Å²) in [5, 5.41) is 0. The number of rotatable bonds is 6. The van der Waals surface area contributed by atoms with E-state index in [4.69, 9.17) is 0 Å². The highest BCUT2D eigenvalue weighted by Crippen LogP contribution is 2.19. The molecule has 1 aromatic carbocycles. The molecular weight excluding hydrogens is 215 g/mol. The number of aryl methyl sites for hydroxylation is 3. The molecule has 0 amide bonds. The van der Waals surface area contributed by atoms with Gasteiger partial charge in [-0.1, -0.05) is 24.1 Å². The first-order valence-corrected chi connectivity index (χ1v) is 7.00. The summed E-state index contributed by atoms with van der Waals surface area (Å²) in [5.41, 5.74) is 5.69. The molecule has 0 aliphatic rings. The van der Waals surface area contributed by atoms with Crippen LogP contribution in [-0.4, -0.2) is 6.16 Å². The monoisotopic (exact) mass is 236 g/mol. The molecule has 1 rings (SSSR count). The fraction of sp³-hybridized carbons (Fsp3) is 0.571. The van der Waals surface area contributed by atoms with Gasteiger partial charge in [0.15, 0.2) is 8.46 Å². The molecule has 0 aliphatic heterocycles. The van der Waals surface area contributed by atoms with E-state index in [2.05, 4.69) is 32.9 Å². The number of hydrogen-bond acceptors (Lipinski definition) is 1. The van der Waals surface area contributed by atoms with Crippen molar-refractivity contribution in [3.8, 4) is 0 Å². The van der Waals surface area contributed by atoms with Gasteiger partial charge in [-0.3, -0.25) is 4.57 Å². The third-order valence-corrected chi connectivity index (χ3v) is 3.52. The van der Waals surface area contributed by atoms with Gasteiger partial charge in [-0.2, -0.15) is 0 Å². The predicted molar refractivity (Wildman–Crippen MR) is 70.7 cm³/mol. The van der Waals surface area contributed by atoms with Gasteiger partial charge in [-0.05, 0) is 56.7 Å². The highest BCUT2D eigenvalue weighted by atomic mass is 31.1. The smallest absolute Gasteiger partial charge is 0.155 e. The van der Waals surface area contributed by atoms with Crippen LogP contribution in [0.25, 0.3) is 0 Å². The molecule has 0 saturated carbocycles. The first kappa shape index (κ1) is 13.4. The first-order valence-electron chi connectivity index (χ1n) is 6.01. The molecule has 0 N–H and O–H groups in total. The molecule has 0 saturated heterocycles. The Hall–Kier alpha value is -0.680. The van der Waals surface area contributed by atoms with E-state index < -0.39 is 0 Å². The lowest BCUT2D eigenvalue weighted by molar-refractivity contribution is 0.595. The first-order chi connectivity index (χ1) is 7.65. The number of unbranched alkanes of at least 4 members (excludes halogenated alkanes) is 2. The van der Waals surface area contributed by atoms with Crippen molar-refractivity contribution in [3.05, 3.63) is 34.4 Å². The van der Waals surface area contributed by atoms with Gasteiger partial charge in [0.2, 0.25) is 0 Å². The van der Waals surface area contributed by atoms with Gasteiger partial charge in [0.1, 0.15) is 0 Å². The lowest BCUT2D eigenvalue weighted by Crippen LogP contribution is -1.95. The van der Waals surface area contributed by atoms with Gasteiger partial charge >= 0.3 is 0 Å². The van der Waals surface area contributed by atoms with E-state index >= 15 is 0 Å². The lowest BCUT2D eigenvalue weighted by Gasteiger charge is -2.10. The Kier molecular flexibility index (Phi) is 5.69. The van der Waals surface area contributed by atoms with Crippen molar-refractivity contribution in [1.82, 2.24) is 0 Å². The van der Waals surface area contributed by atoms with Crippen LogP contribution in [0.5, 0.6) is 0 Å². The molecule has 0 fully saturated rings. The van der Waals surface area contributed by atoms with Crippen molar-refractivity contribution in [2.24, 2.45) is 0 Å². The second-order valence-corrected chi connectivity index (χ2v) is 5.25. The molecule has 0 spiro atoms. The Morgan fingerprint density at radius 2 is 1.62 bits per heavy atom. The largest absolute Gasteiger partial charge is 0.275 e. The van der Waals surface area contributed by atoms with Crippen molar-refractivity contribution in [2.75, 3.05) is 6.16 Å². The lowest BCUT2D eigenvalue weighted by atomic mass is 9.95. The minimum Gasteiger partial charge on any atom is -0.275 e. The third kappa shape index (κ3) is 4.06. The van der Waals surface area contributed by atoms with Crippen LogP contribution in [0.4, 0.5) is 0 Å². The molecule has 1 nitrogen and oxygen atoms in total. The highest BCUT2D eigenvalue weighted by Gasteiger charge is 2.03. The standard InChI is InChI=1S/C14H21OP/c1-11-9-12(2)14(13(3)10-11)7-5-4-6-8-16-15/h9-10H,4-8H2,1-3H3. The summed E-state index contributed by atoms with van der Waals surface area (Å²) in [4.78, 5) is 0. The van der Waals surface area contributed by atoms with Crippen LogP contribution in [0.3, 0.4) is 0 Å². The summed E-state index contributed by atoms with van der Waals surface area (Å²) in [6.45, 7) is 6.55. The zero-order valence-electron chi connectivity index (χ0n) is 10.5. The highest BCUT2D eigenvalue weighted by molar-refractivity contribution is 7.23. The second-order valence-electron chi connectivity index (χ2n) is 4.54. The average Bonchev–Trinajstić information content (AvgIpc) is 2.20. The van der Waals surface area contributed by atoms with Crippen LogP contribution in [-0.2, 0) is 11.0 Å². The van der Waals surface area contributed by atoms with Crippen LogP contribution in [0.2, 0.25) is 0 Å². The summed E-state index contributed by atoms with van der Waals surface area (Å²) in [7, 11) is 0.293. The second kappa shape index (κ2) is 6.81. The third-order valence-electron chi connectivity index (χ3n) is 3.02. The molecule has 0 atom stereocenters. The van der Waals surface area contributed by atoms with Crippen LogP contribution >= 0.6 is 8.46 Å². The SMILES string of the molecule is Cc1cc(C)c(CCCCCP=O)c(C)c1. The normalized spacial score (nSPS) is 10.9. The van der Waals surface area contributed by atoms with Gasteiger partial charge in [-0.25, -0.2) is 0 Å². The van der Waals surface area contributed by atoms with E-state index in [1.54, 1.807) is 0 Å².